The fourth-order valence-electron chi connectivity index (χ4n) is 2.75. The molecule has 2 rings (SSSR count). The highest BCUT2D eigenvalue weighted by molar-refractivity contribution is 7.80. The van der Waals surface area contributed by atoms with Crippen molar-refractivity contribution in [1.82, 2.24) is 4.90 Å². The van der Waals surface area contributed by atoms with E-state index in [1.165, 1.54) is 0 Å². The van der Waals surface area contributed by atoms with Gasteiger partial charge in [-0.1, -0.05) is 36.5 Å². The molecule has 1 aromatic rings. The molecular weight excluding hydrogens is 270 g/mol. The molecule has 0 spiro atoms. The molecule has 108 valence electrons. The molecule has 1 aliphatic heterocycles. The van der Waals surface area contributed by atoms with Crippen molar-refractivity contribution in [1.29, 1.82) is 0 Å². The van der Waals surface area contributed by atoms with E-state index in [9.17, 15) is 4.79 Å². The number of carbonyl (C=O) groups excluding carboxylic acids is 1. The molecule has 0 aliphatic carbocycles. The third kappa shape index (κ3) is 3.35. The highest BCUT2D eigenvalue weighted by atomic mass is 32.1. The van der Waals surface area contributed by atoms with Gasteiger partial charge in [-0.15, -0.1) is 0 Å². The lowest BCUT2D eigenvalue weighted by molar-refractivity contribution is -0.124. The normalized spacial score (nSPS) is 23.4. The first-order valence-corrected chi connectivity index (χ1v) is 7.31. The molecule has 4 nitrogen and oxygen atoms in total. The highest BCUT2D eigenvalue weighted by Crippen LogP contribution is 2.24. The molecule has 2 unspecified atom stereocenters. The lowest BCUT2D eigenvalue weighted by Crippen LogP contribution is -2.45. The maximum absolute atomic E-state index is 11.4. The van der Waals surface area contributed by atoms with Gasteiger partial charge in [0.05, 0.1) is 5.92 Å². The van der Waals surface area contributed by atoms with Crippen LogP contribution in [0.2, 0.25) is 0 Å². The van der Waals surface area contributed by atoms with Gasteiger partial charge in [0.2, 0.25) is 5.91 Å². The van der Waals surface area contributed by atoms with Crippen LogP contribution in [0.3, 0.4) is 0 Å². The first-order valence-electron chi connectivity index (χ1n) is 6.90. The third-order valence-electron chi connectivity index (χ3n) is 4.07. The van der Waals surface area contributed by atoms with Crippen LogP contribution in [0.15, 0.2) is 24.3 Å². The maximum atomic E-state index is 11.4. The summed E-state index contributed by atoms with van der Waals surface area (Å²) in [5, 5.41) is 0. The number of likely N-dealkylation sites (tertiary alicyclic amines) is 1. The molecule has 5 heteroatoms. The second-order valence-corrected chi connectivity index (χ2v) is 5.92. The topological polar surface area (TPSA) is 72.4 Å². The van der Waals surface area contributed by atoms with Crippen molar-refractivity contribution in [3.63, 3.8) is 0 Å². The Hall–Kier alpha value is -1.46. The van der Waals surface area contributed by atoms with Gasteiger partial charge in [0.25, 0.3) is 0 Å². The Labute approximate surface area is 125 Å². The standard InChI is InChI=1S/C15H21N3OS/c1-10-6-7-12(14(16)19)9-18(10)8-11-4-2-3-5-13(11)15(17)20/h2-5,10,12H,6-9H2,1H3,(H2,16,19)(H2,17,20). The largest absolute Gasteiger partial charge is 0.389 e. The predicted molar refractivity (Wildman–Crippen MR) is 84.1 cm³/mol. The second kappa shape index (κ2) is 6.33. The van der Waals surface area contributed by atoms with Crippen LogP contribution in [-0.4, -0.2) is 28.4 Å². The zero-order valence-corrected chi connectivity index (χ0v) is 12.5. The highest BCUT2D eigenvalue weighted by Gasteiger charge is 2.28. The maximum Gasteiger partial charge on any atom is 0.221 e. The first kappa shape index (κ1) is 14.9. The average Bonchev–Trinajstić information content (AvgIpc) is 2.41. The molecule has 0 saturated carbocycles. The van der Waals surface area contributed by atoms with E-state index in [4.69, 9.17) is 23.7 Å². The fraction of sp³-hybridized carbons (Fsp3) is 0.467. The molecule has 0 bridgehead atoms. The van der Waals surface area contributed by atoms with Gasteiger partial charge < -0.3 is 11.5 Å². The summed E-state index contributed by atoms with van der Waals surface area (Å²) in [6, 6.07) is 8.33. The van der Waals surface area contributed by atoms with Gasteiger partial charge in [0.1, 0.15) is 4.99 Å². The number of rotatable bonds is 4. The van der Waals surface area contributed by atoms with Gasteiger partial charge in [-0.05, 0) is 25.3 Å². The van der Waals surface area contributed by atoms with Gasteiger partial charge in [0, 0.05) is 24.7 Å². The molecule has 1 aromatic carbocycles. The summed E-state index contributed by atoms with van der Waals surface area (Å²) >= 11 is 5.10. The number of nitrogens with two attached hydrogens (primary N) is 2. The predicted octanol–water partition coefficient (Wildman–Crippen LogP) is 1.41. The number of hydrogen-bond acceptors (Lipinski definition) is 3. The minimum absolute atomic E-state index is 0.0526. The van der Waals surface area contributed by atoms with Crippen molar-refractivity contribution >= 4 is 23.1 Å². The molecule has 0 radical (unpaired) electrons. The van der Waals surface area contributed by atoms with E-state index in [0.717, 1.165) is 30.5 Å². The van der Waals surface area contributed by atoms with Gasteiger partial charge in [-0.2, -0.15) is 0 Å². The summed E-state index contributed by atoms with van der Waals surface area (Å²) in [5.74, 6) is -0.257. The molecule has 1 fully saturated rings. The molecule has 4 N–H and O–H groups in total. The van der Waals surface area contributed by atoms with Crippen LogP contribution >= 0.6 is 12.2 Å². The van der Waals surface area contributed by atoms with Crippen LogP contribution in [0.25, 0.3) is 0 Å². The Morgan fingerprint density at radius 2 is 2.05 bits per heavy atom. The molecule has 0 aromatic heterocycles. The zero-order valence-electron chi connectivity index (χ0n) is 11.7. The quantitative estimate of drug-likeness (QED) is 0.823. The Morgan fingerprint density at radius 1 is 1.35 bits per heavy atom. The minimum atomic E-state index is -0.204. The Balaban J connectivity index is 2.16. The van der Waals surface area contributed by atoms with Gasteiger partial charge >= 0.3 is 0 Å². The van der Waals surface area contributed by atoms with E-state index in [2.05, 4.69) is 11.8 Å². The number of primary amides is 1. The van der Waals surface area contributed by atoms with Crippen LogP contribution in [0.5, 0.6) is 0 Å². The van der Waals surface area contributed by atoms with E-state index >= 15 is 0 Å². The smallest absolute Gasteiger partial charge is 0.221 e. The molecule has 1 aliphatic rings. The van der Waals surface area contributed by atoms with Gasteiger partial charge in [-0.3, -0.25) is 9.69 Å². The van der Waals surface area contributed by atoms with E-state index in [0.29, 0.717) is 17.6 Å². The number of thiocarbonyl (C=S) groups is 1. The molecule has 1 heterocycles. The summed E-state index contributed by atoms with van der Waals surface area (Å²) in [7, 11) is 0. The summed E-state index contributed by atoms with van der Waals surface area (Å²) < 4.78 is 0. The van der Waals surface area contributed by atoms with Gasteiger partial charge in [-0.25, -0.2) is 0 Å². The number of nitrogens with zero attached hydrogens (tertiary/aromatic N) is 1. The summed E-state index contributed by atoms with van der Waals surface area (Å²) in [6.07, 6.45) is 1.87. The molecular formula is C15H21N3OS. The lowest BCUT2D eigenvalue weighted by atomic mass is 9.92. The van der Waals surface area contributed by atoms with Crippen molar-refractivity contribution in [2.24, 2.45) is 17.4 Å². The van der Waals surface area contributed by atoms with Crippen LogP contribution < -0.4 is 11.5 Å². The van der Waals surface area contributed by atoms with E-state index < -0.39 is 0 Å². The van der Waals surface area contributed by atoms with Crippen molar-refractivity contribution in [3.05, 3.63) is 35.4 Å². The lowest BCUT2D eigenvalue weighted by Gasteiger charge is -2.37. The average molecular weight is 291 g/mol. The van der Waals surface area contributed by atoms with Crippen LogP contribution in [0, 0.1) is 5.92 Å². The van der Waals surface area contributed by atoms with Crippen molar-refractivity contribution in [3.8, 4) is 0 Å². The number of benzene rings is 1. The monoisotopic (exact) mass is 291 g/mol. The summed E-state index contributed by atoms with van der Waals surface area (Å²) in [4.78, 5) is 14.1. The van der Waals surface area contributed by atoms with Crippen molar-refractivity contribution in [2.45, 2.75) is 32.4 Å². The first-order chi connectivity index (χ1) is 9.49. The second-order valence-electron chi connectivity index (χ2n) is 5.48. The molecule has 1 amide bonds. The summed E-state index contributed by atoms with van der Waals surface area (Å²) in [5.41, 5.74) is 13.2. The van der Waals surface area contributed by atoms with Gasteiger partial charge in [0.15, 0.2) is 0 Å². The Bertz CT molecular complexity index is 518. The number of hydrogen-bond donors (Lipinski definition) is 2. The molecule has 2 atom stereocenters. The zero-order chi connectivity index (χ0) is 14.7. The van der Waals surface area contributed by atoms with Crippen molar-refractivity contribution in [2.75, 3.05) is 6.54 Å². The SMILES string of the molecule is CC1CCC(C(N)=O)CN1Cc1ccccc1C(N)=S. The third-order valence-corrected chi connectivity index (χ3v) is 4.29. The van der Waals surface area contributed by atoms with E-state index in [1.54, 1.807) is 0 Å². The van der Waals surface area contributed by atoms with Crippen LogP contribution in [0.4, 0.5) is 0 Å². The Morgan fingerprint density at radius 3 is 2.70 bits per heavy atom. The number of amides is 1. The Kier molecular flexibility index (Phi) is 4.73. The van der Waals surface area contributed by atoms with E-state index in [-0.39, 0.29) is 11.8 Å². The van der Waals surface area contributed by atoms with Crippen LogP contribution in [-0.2, 0) is 11.3 Å². The summed E-state index contributed by atoms with van der Waals surface area (Å²) in [6.45, 7) is 3.64. The number of piperidine rings is 1. The number of carbonyl (C=O) groups is 1. The minimum Gasteiger partial charge on any atom is -0.389 e. The molecule has 1 saturated heterocycles. The van der Waals surface area contributed by atoms with E-state index in [1.807, 2.05) is 24.3 Å². The van der Waals surface area contributed by atoms with Crippen LogP contribution in [0.1, 0.15) is 30.9 Å². The fourth-order valence-corrected chi connectivity index (χ4v) is 2.95. The van der Waals surface area contributed by atoms with Crippen molar-refractivity contribution < 1.29 is 4.79 Å². The molecule has 20 heavy (non-hydrogen) atoms.